The minimum Gasteiger partial charge on any atom is -0.327 e. The molecule has 1 saturated heterocycles. The van der Waals surface area contributed by atoms with Gasteiger partial charge in [0.05, 0.1) is 0 Å². The first-order valence-electron chi connectivity index (χ1n) is 6.63. The van der Waals surface area contributed by atoms with E-state index in [1.54, 1.807) is 0 Å². The topological polar surface area (TPSA) is 29.3 Å². The van der Waals surface area contributed by atoms with E-state index >= 15 is 0 Å². The molecule has 0 aliphatic carbocycles. The van der Waals surface area contributed by atoms with Crippen LogP contribution in [0.25, 0.3) is 0 Å². The van der Waals surface area contributed by atoms with Gasteiger partial charge in [-0.2, -0.15) is 0 Å². The average Bonchev–Trinajstić information content (AvgIpc) is 2.58. The monoisotopic (exact) mass is 252 g/mol. The van der Waals surface area contributed by atoms with E-state index in [1.165, 1.54) is 41.1 Å². The van der Waals surface area contributed by atoms with Crippen molar-refractivity contribution in [3.63, 3.8) is 0 Å². The fourth-order valence-electron chi connectivity index (χ4n) is 2.87. The number of aryl methyl sites for hydroxylation is 2. The summed E-state index contributed by atoms with van der Waals surface area (Å²) in [6, 6.07) is 3.20. The highest BCUT2D eigenvalue weighted by Crippen LogP contribution is 2.26. The molecule has 17 heavy (non-hydrogen) atoms. The number of hydrogen-bond donors (Lipinski definition) is 1. The van der Waals surface area contributed by atoms with Gasteiger partial charge in [-0.05, 0) is 51.8 Å². The molecule has 3 heteroatoms. The SMILES string of the molecule is Cc1cc(CN2CCCCC2C(C)N)c(C)s1. The molecule has 0 aromatic carbocycles. The van der Waals surface area contributed by atoms with Crippen molar-refractivity contribution in [3.05, 3.63) is 21.4 Å². The maximum atomic E-state index is 6.12. The van der Waals surface area contributed by atoms with Crippen molar-refractivity contribution in [3.8, 4) is 0 Å². The van der Waals surface area contributed by atoms with Crippen molar-refractivity contribution in [2.24, 2.45) is 5.73 Å². The Labute approximate surface area is 109 Å². The lowest BCUT2D eigenvalue weighted by molar-refractivity contribution is 0.123. The molecule has 0 spiro atoms. The predicted molar refractivity (Wildman–Crippen MR) is 75.5 cm³/mol. The summed E-state index contributed by atoms with van der Waals surface area (Å²) >= 11 is 1.91. The summed E-state index contributed by atoms with van der Waals surface area (Å²) in [6.07, 6.45) is 3.93. The highest BCUT2D eigenvalue weighted by molar-refractivity contribution is 7.12. The van der Waals surface area contributed by atoms with Crippen LogP contribution < -0.4 is 5.73 Å². The standard InChI is InChI=1S/C14H24N2S/c1-10-8-13(12(3)17-10)9-16-7-5-4-6-14(16)11(2)15/h8,11,14H,4-7,9,15H2,1-3H3. The molecule has 2 N–H and O–H groups in total. The average molecular weight is 252 g/mol. The Bertz CT molecular complexity index is 370. The molecule has 0 bridgehead atoms. The summed E-state index contributed by atoms with van der Waals surface area (Å²) in [6.45, 7) is 8.87. The van der Waals surface area contributed by atoms with Crippen molar-refractivity contribution in [1.29, 1.82) is 0 Å². The maximum Gasteiger partial charge on any atom is 0.0248 e. The second kappa shape index (κ2) is 5.51. The number of piperidine rings is 1. The van der Waals surface area contributed by atoms with Crippen LogP contribution in [0.5, 0.6) is 0 Å². The first-order chi connectivity index (χ1) is 8.08. The van der Waals surface area contributed by atoms with E-state index in [2.05, 4.69) is 31.7 Å². The first kappa shape index (κ1) is 13.1. The van der Waals surface area contributed by atoms with Gasteiger partial charge in [0.15, 0.2) is 0 Å². The van der Waals surface area contributed by atoms with Gasteiger partial charge in [-0.3, -0.25) is 4.90 Å². The Morgan fingerprint density at radius 2 is 2.24 bits per heavy atom. The molecule has 2 heterocycles. The Morgan fingerprint density at radius 1 is 1.47 bits per heavy atom. The van der Waals surface area contributed by atoms with Crippen LogP contribution in [-0.2, 0) is 6.54 Å². The zero-order valence-electron chi connectivity index (χ0n) is 11.2. The van der Waals surface area contributed by atoms with Gasteiger partial charge in [0, 0.05) is 28.4 Å². The number of nitrogens with two attached hydrogens (primary N) is 1. The molecule has 0 saturated carbocycles. The van der Waals surface area contributed by atoms with E-state index in [9.17, 15) is 0 Å². The van der Waals surface area contributed by atoms with Crippen molar-refractivity contribution < 1.29 is 0 Å². The van der Waals surface area contributed by atoms with Crippen LogP contribution in [-0.4, -0.2) is 23.5 Å². The molecule has 1 aromatic heterocycles. The van der Waals surface area contributed by atoms with Gasteiger partial charge < -0.3 is 5.73 Å². The van der Waals surface area contributed by atoms with Crippen LogP contribution in [0.15, 0.2) is 6.07 Å². The van der Waals surface area contributed by atoms with Crippen LogP contribution in [0.2, 0.25) is 0 Å². The minimum absolute atomic E-state index is 0.287. The molecule has 0 radical (unpaired) electrons. The molecule has 1 aromatic rings. The molecule has 2 nitrogen and oxygen atoms in total. The van der Waals surface area contributed by atoms with Gasteiger partial charge in [0.1, 0.15) is 0 Å². The van der Waals surface area contributed by atoms with Crippen LogP contribution in [0.4, 0.5) is 0 Å². The van der Waals surface area contributed by atoms with E-state index in [1.807, 2.05) is 11.3 Å². The van der Waals surface area contributed by atoms with Gasteiger partial charge in [-0.15, -0.1) is 11.3 Å². The second-order valence-corrected chi connectivity index (χ2v) is 6.79. The molecule has 1 fully saturated rings. The second-order valence-electron chi connectivity index (χ2n) is 5.33. The van der Waals surface area contributed by atoms with Gasteiger partial charge in [-0.1, -0.05) is 6.42 Å². The molecular formula is C14H24N2S. The molecule has 2 atom stereocenters. The molecule has 1 aliphatic heterocycles. The summed E-state index contributed by atoms with van der Waals surface area (Å²) < 4.78 is 0. The van der Waals surface area contributed by atoms with Crippen LogP contribution in [0.1, 0.15) is 41.5 Å². The van der Waals surface area contributed by atoms with Crippen molar-refractivity contribution in [2.45, 2.75) is 58.7 Å². The fourth-order valence-corrected chi connectivity index (χ4v) is 3.81. The van der Waals surface area contributed by atoms with Crippen molar-refractivity contribution >= 4 is 11.3 Å². The lowest BCUT2D eigenvalue weighted by atomic mass is 9.96. The number of rotatable bonds is 3. The largest absolute Gasteiger partial charge is 0.327 e. The van der Waals surface area contributed by atoms with E-state index < -0.39 is 0 Å². The van der Waals surface area contributed by atoms with Gasteiger partial charge >= 0.3 is 0 Å². The molecule has 96 valence electrons. The summed E-state index contributed by atoms with van der Waals surface area (Å²) in [7, 11) is 0. The molecule has 0 amide bonds. The van der Waals surface area contributed by atoms with Gasteiger partial charge in [0.25, 0.3) is 0 Å². The molecule has 1 aliphatic rings. The molecular weight excluding hydrogens is 228 g/mol. The summed E-state index contributed by atoms with van der Waals surface area (Å²) in [5.74, 6) is 0. The third-order valence-electron chi connectivity index (χ3n) is 3.79. The number of likely N-dealkylation sites (tertiary alicyclic amines) is 1. The predicted octanol–water partition coefficient (Wildman–Crippen LogP) is 3.07. The Morgan fingerprint density at radius 3 is 2.82 bits per heavy atom. The molecule has 2 unspecified atom stereocenters. The Hall–Kier alpha value is -0.380. The quantitative estimate of drug-likeness (QED) is 0.896. The summed E-state index contributed by atoms with van der Waals surface area (Å²) in [5, 5.41) is 0. The van der Waals surface area contributed by atoms with E-state index in [0.29, 0.717) is 6.04 Å². The Balaban J connectivity index is 2.08. The summed E-state index contributed by atoms with van der Waals surface area (Å²) in [5.41, 5.74) is 7.62. The maximum absolute atomic E-state index is 6.12. The van der Waals surface area contributed by atoms with Gasteiger partial charge in [0.2, 0.25) is 0 Å². The Kier molecular flexibility index (Phi) is 4.23. The number of thiophene rings is 1. The highest BCUT2D eigenvalue weighted by Gasteiger charge is 2.25. The van der Waals surface area contributed by atoms with Crippen LogP contribution >= 0.6 is 11.3 Å². The minimum atomic E-state index is 0.287. The lowest BCUT2D eigenvalue weighted by Gasteiger charge is -2.38. The smallest absolute Gasteiger partial charge is 0.0248 e. The van der Waals surface area contributed by atoms with Crippen LogP contribution in [0.3, 0.4) is 0 Å². The van der Waals surface area contributed by atoms with Gasteiger partial charge in [-0.25, -0.2) is 0 Å². The zero-order valence-corrected chi connectivity index (χ0v) is 12.0. The first-order valence-corrected chi connectivity index (χ1v) is 7.45. The lowest BCUT2D eigenvalue weighted by Crippen LogP contribution is -2.48. The third-order valence-corrected chi connectivity index (χ3v) is 4.80. The van der Waals surface area contributed by atoms with E-state index in [-0.39, 0.29) is 6.04 Å². The number of nitrogens with zero attached hydrogens (tertiary/aromatic N) is 1. The molecule has 2 rings (SSSR count). The third kappa shape index (κ3) is 3.09. The van der Waals surface area contributed by atoms with E-state index in [0.717, 1.165) is 6.54 Å². The number of hydrogen-bond acceptors (Lipinski definition) is 3. The normalized spacial score (nSPS) is 23.9. The van der Waals surface area contributed by atoms with Crippen molar-refractivity contribution in [2.75, 3.05) is 6.54 Å². The van der Waals surface area contributed by atoms with Crippen molar-refractivity contribution in [1.82, 2.24) is 4.90 Å². The van der Waals surface area contributed by atoms with Crippen LogP contribution in [0, 0.1) is 13.8 Å². The van der Waals surface area contributed by atoms with E-state index in [4.69, 9.17) is 5.73 Å². The fraction of sp³-hybridized carbons (Fsp3) is 0.714. The zero-order chi connectivity index (χ0) is 12.4. The summed E-state index contributed by atoms with van der Waals surface area (Å²) in [4.78, 5) is 5.48. The highest BCUT2D eigenvalue weighted by atomic mass is 32.1.